The number of esters is 1. The van der Waals surface area contributed by atoms with Gasteiger partial charge in [-0.2, -0.15) is 0 Å². The predicted molar refractivity (Wildman–Crippen MR) is 117 cm³/mol. The molecule has 0 aromatic heterocycles. The number of rotatable bonds is 7. The second-order valence-electron chi connectivity index (χ2n) is 8.86. The predicted octanol–water partition coefficient (Wildman–Crippen LogP) is 4.43. The molecule has 0 amide bonds. The standard InChI is InChI=1S/C25H33NO4/c1-6-17-8-10-18(11-9-17)22-21(24(28)30-13-12-29-7-2)16(3)26-19-14-25(4,5)15-20(27)23(19)22/h8-11,22,26H,6-7,12-15H2,1-5H3/t22-/m0/s1. The maximum atomic E-state index is 13.2. The van der Waals surface area contributed by atoms with Gasteiger partial charge in [0, 0.05) is 35.9 Å². The van der Waals surface area contributed by atoms with Gasteiger partial charge in [-0.3, -0.25) is 4.79 Å². The van der Waals surface area contributed by atoms with Crippen molar-refractivity contribution < 1.29 is 19.1 Å². The third-order valence-electron chi connectivity index (χ3n) is 5.85. The molecule has 0 unspecified atom stereocenters. The Balaban J connectivity index is 2.02. The molecule has 162 valence electrons. The Morgan fingerprint density at radius 2 is 1.83 bits per heavy atom. The molecule has 30 heavy (non-hydrogen) atoms. The van der Waals surface area contributed by atoms with Crippen molar-refractivity contribution in [1.82, 2.24) is 5.32 Å². The first-order valence-electron chi connectivity index (χ1n) is 10.8. The van der Waals surface area contributed by atoms with Crippen LogP contribution in [0.4, 0.5) is 0 Å². The molecule has 3 rings (SSSR count). The molecule has 1 atom stereocenters. The van der Waals surface area contributed by atoms with Crippen LogP contribution in [0, 0.1) is 5.41 Å². The summed E-state index contributed by atoms with van der Waals surface area (Å²) in [7, 11) is 0. The number of hydrogen-bond donors (Lipinski definition) is 1. The second kappa shape index (κ2) is 9.17. The number of dihydropyridines is 1. The van der Waals surface area contributed by atoms with Crippen molar-refractivity contribution in [2.45, 2.75) is 59.8 Å². The quantitative estimate of drug-likeness (QED) is 0.531. The van der Waals surface area contributed by atoms with Crippen LogP contribution in [0.3, 0.4) is 0 Å². The van der Waals surface area contributed by atoms with Crippen molar-refractivity contribution in [3.05, 3.63) is 57.9 Å². The van der Waals surface area contributed by atoms with Gasteiger partial charge >= 0.3 is 5.97 Å². The average Bonchev–Trinajstić information content (AvgIpc) is 2.69. The summed E-state index contributed by atoms with van der Waals surface area (Å²) in [6.45, 7) is 11.3. The number of nitrogens with one attached hydrogen (secondary N) is 1. The molecule has 1 heterocycles. The largest absolute Gasteiger partial charge is 0.460 e. The number of carbonyl (C=O) groups excluding carboxylic acids is 2. The highest BCUT2D eigenvalue weighted by Gasteiger charge is 2.43. The Morgan fingerprint density at radius 1 is 1.13 bits per heavy atom. The van der Waals surface area contributed by atoms with Gasteiger partial charge in [-0.25, -0.2) is 4.79 Å². The summed E-state index contributed by atoms with van der Waals surface area (Å²) in [5.41, 5.74) is 4.98. The Kier molecular flexibility index (Phi) is 6.81. The third-order valence-corrected chi connectivity index (χ3v) is 5.85. The molecule has 5 heteroatoms. The molecular formula is C25H33NO4. The van der Waals surface area contributed by atoms with Crippen LogP contribution in [0.25, 0.3) is 0 Å². The summed E-state index contributed by atoms with van der Waals surface area (Å²) in [6.07, 6.45) is 2.19. The van der Waals surface area contributed by atoms with Crippen LogP contribution >= 0.6 is 0 Å². The third kappa shape index (κ3) is 4.67. The SMILES string of the molecule is CCOCCOC(=O)C1=C(C)NC2=C(C(=O)CC(C)(C)C2)[C@H]1c1ccc(CC)cc1. The minimum Gasteiger partial charge on any atom is -0.460 e. The molecule has 2 aliphatic rings. The van der Waals surface area contributed by atoms with Crippen LogP contribution in [0.2, 0.25) is 0 Å². The van der Waals surface area contributed by atoms with Crippen LogP contribution in [-0.4, -0.2) is 31.6 Å². The first-order chi connectivity index (χ1) is 14.3. The van der Waals surface area contributed by atoms with E-state index in [0.717, 1.165) is 29.8 Å². The van der Waals surface area contributed by atoms with E-state index >= 15 is 0 Å². The molecule has 1 N–H and O–H groups in total. The molecule has 5 nitrogen and oxygen atoms in total. The molecule has 1 aromatic carbocycles. The maximum absolute atomic E-state index is 13.2. The van der Waals surface area contributed by atoms with Gasteiger partial charge in [0.05, 0.1) is 12.2 Å². The molecule has 0 fully saturated rings. The van der Waals surface area contributed by atoms with Crippen LogP contribution in [-0.2, 0) is 25.5 Å². The molecule has 0 saturated carbocycles. The lowest BCUT2D eigenvalue weighted by Gasteiger charge is -2.39. The molecule has 0 saturated heterocycles. The number of hydrogen-bond acceptors (Lipinski definition) is 5. The van der Waals surface area contributed by atoms with E-state index in [0.29, 0.717) is 30.8 Å². The molecule has 1 aliphatic carbocycles. The molecular weight excluding hydrogens is 378 g/mol. The zero-order chi connectivity index (χ0) is 21.9. The summed E-state index contributed by atoms with van der Waals surface area (Å²) >= 11 is 0. The lowest BCUT2D eigenvalue weighted by molar-refractivity contribution is -0.140. The summed E-state index contributed by atoms with van der Waals surface area (Å²) < 4.78 is 10.8. The fourth-order valence-electron chi connectivity index (χ4n) is 4.40. The van der Waals surface area contributed by atoms with Crippen LogP contribution in [0.15, 0.2) is 46.8 Å². The topological polar surface area (TPSA) is 64.6 Å². The number of carbonyl (C=O) groups is 2. The number of allylic oxidation sites excluding steroid dienone is 3. The van der Waals surface area contributed by atoms with E-state index in [4.69, 9.17) is 9.47 Å². The monoisotopic (exact) mass is 411 g/mol. The van der Waals surface area contributed by atoms with Gasteiger partial charge in [0.1, 0.15) is 6.61 Å². The minimum atomic E-state index is -0.407. The van der Waals surface area contributed by atoms with E-state index in [-0.39, 0.29) is 17.8 Å². The zero-order valence-electron chi connectivity index (χ0n) is 18.8. The molecule has 0 bridgehead atoms. The Hall–Kier alpha value is -2.40. The Labute approximate surface area is 179 Å². The van der Waals surface area contributed by atoms with Crippen LogP contribution < -0.4 is 5.32 Å². The van der Waals surface area contributed by atoms with Crippen molar-refractivity contribution in [3.8, 4) is 0 Å². The van der Waals surface area contributed by atoms with Gasteiger partial charge in [-0.05, 0) is 43.2 Å². The lowest BCUT2D eigenvalue weighted by Crippen LogP contribution is -2.38. The van der Waals surface area contributed by atoms with Gasteiger partial charge in [-0.15, -0.1) is 0 Å². The minimum absolute atomic E-state index is 0.102. The number of Topliss-reactive ketones (excluding diaryl/α,β-unsaturated/α-hetero) is 1. The summed E-state index contributed by atoms with van der Waals surface area (Å²) in [6, 6.07) is 8.21. The van der Waals surface area contributed by atoms with Gasteiger partial charge in [0.2, 0.25) is 0 Å². The number of ether oxygens (including phenoxy) is 2. The van der Waals surface area contributed by atoms with E-state index in [1.165, 1.54) is 5.56 Å². The van der Waals surface area contributed by atoms with Crippen molar-refractivity contribution >= 4 is 11.8 Å². The average molecular weight is 412 g/mol. The van der Waals surface area contributed by atoms with Gasteiger partial charge in [-0.1, -0.05) is 45.0 Å². The van der Waals surface area contributed by atoms with Crippen molar-refractivity contribution in [2.24, 2.45) is 5.41 Å². The Bertz CT molecular complexity index is 877. The molecule has 0 spiro atoms. The zero-order valence-corrected chi connectivity index (χ0v) is 18.8. The van der Waals surface area contributed by atoms with E-state index in [9.17, 15) is 9.59 Å². The van der Waals surface area contributed by atoms with Gasteiger partial charge < -0.3 is 14.8 Å². The van der Waals surface area contributed by atoms with Gasteiger partial charge in [0.25, 0.3) is 0 Å². The molecule has 1 aliphatic heterocycles. The number of aryl methyl sites for hydroxylation is 1. The summed E-state index contributed by atoms with van der Waals surface area (Å²) in [5.74, 6) is -0.700. The van der Waals surface area contributed by atoms with Crippen molar-refractivity contribution in [1.29, 1.82) is 0 Å². The summed E-state index contributed by atoms with van der Waals surface area (Å²) in [4.78, 5) is 26.3. The highest BCUT2D eigenvalue weighted by Crippen LogP contribution is 2.46. The number of benzene rings is 1. The maximum Gasteiger partial charge on any atom is 0.336 e. The molecule has 0 radical (unpaired) electrons. The second-order valence-corrected chi connectivity index (χ2v) is 8.86. The smallest absolute Gasteiger partial charge is 0.336 e. The van der Waals surface area contributed by atoms with E-state index in [1.54, 1.807) is 0 Å². The fraction of sp³-hybridized carbons (Fsp3) is 0.520. The first kappa shape index (κ1) is 22.3. The highest BCUT2D eigenvalue weighted by molar-refractivity contribution is 6.04. The molecule has 1 aromatic rings. The van der Waals surface area contributed by atoms with E-state index in [2.05, 4.69) is 38.2 Å². The number of ketones is 1. The lowest BCUT2D eigenvalue weighted by atomic mass is 9.68. The summed E-state index contributed by atoms with van der Waals surface area (Å²) in [5, 5.41) is 3.37. The van der Waals surface area contributed by atoms with E-state index < -0.39 is 11.9 Å². The fourth-order valence-corrected chi connectivity index (χ4v) is 4.40. The van der Waals surface area contributed by atoms with Crippen molar-refractivity contribution in [2.75, 3.05) is 19.8 Å². The van der Waals surface area contributed by atoms with Gasteiger partial charge in [0.15, 0.2) is 5.78 Å². The Morgan fingerprint density at radius 3 is 2.47 bits per heavy atom. The normalized spacial score (nSPS) is 20.7. The highest BCUT2D eigenvalue weighted by atomic mass is 16.6. The first-order valence-corrected chi connectivity index (χ1v) is 10.8. The van der Waals surface area contributed by atoms with Crippen LogP contribution in [0.5, 0.6) is 0 Å². The van der Waals surface area contributed by atoms with E-state index in [1.807, 2.05) is 26.0 Å². The van der Waals surface area contributed by atoms with Crippen LogP contribution in [0.1, 0.15) is 64.5 Å². The van der Waals surface area contributed by atoms with Crippen molar-refractivity contribution in [3.63, 3.8) is 0 Å².